The standard InChI is InChI=1S/C16H24N4O2/c1-12-5-4-9-20-11-14(18-15(12)20)6-8-17-16(22)19(3)10-7-13(2)21/h4-5,9,11,13,21H,6-8,10H2,1-3H3,(H,17,22). The van der Waals surface area contributed by atoms with E-state index in [9.17, 15) is 9.90 Å². The van der Waals surface area contributed by atoms with E-state index in [1.165, 1.54) is 0 Å². The molecule has 0 aliphatic carbocycles. The molecule has 1 atom stereocenters. The van der Waals surface area contributed by atoms with Gasteiger partial charge in [0.25, 0.3) is 0 Å². The lowest BCUT2D eigenvalue weighted by atomic mass is 10.3. The first-order valence-corrected chi connectivity index (χ1v) is 7.57. The van der Waals surface area contributed by atoms with Crippen molar-refractivity contribution in [2.24, 2.45) is 0 Å². The van der Waals surface area contributed by atoms with E-state index in [2.05, 4.69) is 10.3 Å². The number of pyridine rings is 1. The van der Waals surface area contributed by atoms with E-state index in [-0.39, 0.29) is 6.03 Å². The molecule has 6 nitrogen and oxygen atoms in total. The van der Waals surface area contributed by atoms with Gasteiger partial charge in [-0.05, 0) is 31.9 Å². The van der Waals surface area contributed by atoms with Crippen LogP contribution in [0, 0.1) is 6.92 Å². The number of carbonyl (C=O) groups excluding carboxylic acids is 1. The lowest BCUT2D eigenvalue weighted by molar-refractivity contribution is 0.163. The Morgan fingerprint density at radius 3 is 3.00 bits per heavy atom. The molecule has 2 aromatic rings. The summed E-state index contributed by atoms with van der Waals surface area (Å²) in [5, 5.41) is 12.1. The van der Waals surface area contributed by atoms with Crippen molar-refractivity contribution in [2.45, 2.75) is 32.8 Å². The fourth-order valence-corrected chi connectivity index (χ4v) is 2.24. The summed E-state index contributed by atoms with van der Waals surface area (Å²) in [5.41, 5.74) is 3.05. The predicted octanol–water partition coefficient (Wildman–Crippen LogP) is 1.60. The molecular formula is C16H24N4O2. The van der Waals surface area contributed by atoms with Crippen molar-refractivity contribution in [2.75, 3.05) is 20.1 Å². The smallest absolute Gasteiger partial charge is 0.317 e. The highest BCUT2D eigenvalue weighted by atomic mass is 16.3. The Morgan fingerprint density at radius 1 is 1.55 bits per heavy atom. The Morgan fingerprint density at radius 2 is 2.32 bits per heavy atom. The van der Waals surface area contributed by atoms with Crippen LogP contribution in [0.2, 0.25) is 0 Å². The molecule has 0 fully saturated rings. The molecule has 2 N–H and O–H groups in total. The quantitative estimate of drug-likeness (QED) is 0.851. The van der Waals surface area contributed by atoms with Gasteiger partial charge in [0.1, 0.15) is 5.65 Å². The fraction of sp³-hybridized carbons (Fsp3) is 0.500. The summed E-state index contributed by atoms with van der Waals surface area (Å²) in [7, 11) is 1.73. The summed E-state index contributed by atoms with van der Waals surface area (Å²) >= 11 is 0. The zero-order valence-corrected chi connectivity index (χ0v) is 13.4. The van der Waals surface area contributed by atoms with Gasteiger partial charge in [-0.15, -0.1) is 0 Å². The maximum atomic E-state index is 11.9. The van der Waals surface area contributed by atoms with E-state index in [0.29, 0.717) is 25.9 Å². The second-order valence-electron chi connectivity index (χ2n) is 5.70. The van der Waals surface area contributed by atoms with Crippen LogP contribution < -0.4 is 5.32 Å². The van der Waals surface area contributed by atoms with E-state index >= 15 is 0 Å². The number of aliphatic hydroxyl groups excluding tert-OH is 1. The Kier molecular flexibility index (Phi) is 5.38. The number of nitrogens with one attached hydrogen (secondary N) is 1. The summed E-state index contributed by atoms with van der Waals surface area (Å²) in [6.45, 7) is 4.83. The van der Waals surface area contributed by atoms with Crippen LogP contribution >= 0.6 is 0 Å². The maximum absolute atomic E-state index is 11.9. The third kappa shape index (κ3) is 4.21. The van der Waals surface area contributed by atoms with E-state index in [1.807, 2.05) is 35.9 Å². The van der Waals surface area contributed by atoms with Gasteiger partial charge in [-0.2, -0.15) is 0 Å². The van der Waals surface area contributed by atoms with Crippen LogP contribution in [-0.2, 0) is 6.42 Å². The van der Waals surface area contributed by atoms with Crippen LogP contribution in [0.25, 0.3) is 5.65 Å². The first-order valence-electron chi connectivity index (χ1n) is 7.57. The highest BCUT2D eigenvalue weighted by Gasteiger charge is 2.09. The maximum Gasteiger partial charge on any atom is 0.317 e. The van der Waals surface area contributed by atoms with Gasteiger partial charge in [0.2, 0.25) is 0 Å². The van der Waals surface area contributed by atoms with Gasteiger partial charge >= 0.3 is 6.03 Å². The average molecular weight is 304 g/mol. The monoisotopic (exact) mass is 304 g/mol. The molecule has 2 heterocycles. The minimum absolute atomic E-state index is 0.124. The Balaban J connectivity index is 1.82. The molecule has 1 unspecified atom stereocenters. The Bertz CT molecular complexity index is 636. The lowest BCUT2D eigenvalue weighted by Gasteiger charge is -2.18. The third-order valence-corrected chi connectivity index (χ3v) is 3.61. The van der Waals surface area contributed by atoms with E-state index < -0.39 is 6.10 Å². The van der Waals surface area contributed by atoms with Gasteiger partial charge in [0.05, 0.1) is 11.8 Å². The van der Waals surface area contributed by atoms with Crippen LogP contribution in [0.3, 0.4) is 0 Å². The molecule has 6 heteroatoms. The number of urea groups is 1. The average Bonchev–Trinajstić information content (AvgIpc) is 2.89. The normalized spacial score (nSPS) is 12.4. The number of nitrogens with zero attached hydrogens (tertiary/aromatic N) is 3. The molecule has 0 aliphatic heterocycles. The second kappa shape index (κ2) is 7.26. The molecule has 2 aromatic heterocycles. The summed E-state index contributed by atoms with van der Waals surface area (Å²) in [6, 6.07) is 3.90. The zero-order valence-electron chi connectivity index (χ0n) is 13.4. The molecule has 2 rings (SSSR count). The number of hydrogen-bond donors (Lipinski definition) is 2. The number of aryl methyl sites for hydroxylation is 1. The molecule has 0 aliphatic rings. The number of carbonyl (C=O) groups is 1. The van der Waals surface area contributed by atoms with Crippen molar-refractivity contribution < 1.29 is 9.90 Å². The van der Waals surface area contributed by atoms with Crippen molar-refractivity contribution in [3.05, 3.63) is 35.8 Å². The fourth-order valence-electron chi connectivity index (χ4n) is 2.24. The Labute approximate surface area is 130 Å². The molecule has 0 saturated carbocycles. The van der Waals surface area contributed by atoms with Gasteiger partial charge in [-0.3, -0.25) is 0 Å². The van der Waals surface area contributed by atoms with Gasteiger partial charge in [0, 0.05) is 39.0 Å². The molecule has 22 heavy (non-hydrogen) atoms. The first-order chi connectivity index (χ1) is 10.5. The minimum Gasteiger partial charge on any atom is -0.393 e. The molecule has 0 saturated heterocycles. The van der Waals surface area contributed by atoms with Crippen LogP contribution in [0.4, 0.5) is 4.79 Å². The Hall–Kier alpha value is -2.08. The largest absolute Gasteiger partial charge is 0.393 e. The number of aromatic nitrogens is 2. The number of amides is 2. The summed E-state index contributed by atoms with van der Waals surface area (Å²) in [6.07, 6.45) is 4.84. The van der Waals surface area contributed by atoms with Crippen LogP contribution in [-0.4, -0.2) is 51.7 Å². The summed E-state index contributed by atoms with van der Waals surface area (Å²) < 4.78 is 2.00. The topological polar surface area (TPSA) is 69.9 Å². The van der Waals surface area contributed by atoms with E-state index in [1.54, 1.807) is 18.9 Å². The number of imidazole rings is 1. The van der Waals surface area contributed by atoms with Crippen molar-refractivity contribution in [1.29, 1.82) is 0 Å². The number of rotatable bonds is 6. The van der Waals surface area contributed by atoms with Crippen LogP contribution in [0.1, 0.15) is 24.6 Å². The molecular weight excluding hydrogens is 280 g/mol. The number of hydrogen-bond acceptors (Lipinski definition) is 3. The van der Waals surface area contributed by atoms with Crippen molar-refractivity contribution >= 4 is 11.7 Å². The highest BCUT2D eigenvalue weighted by molar-refractivity contribution is 5.73. The number of fused-ring (bicyclic) bond motifs is 1. The van der Waals surface area contributed by atoms with E-state index in [4.69, 9.17) is 0 Å². The van der Waals surface area contributed by atoms with Gasteiger partial charge < -0.3 is 19.7 Å². The molecule has 2 amide bonds. The third-order valence-electron chi connectivity index (χ3n) is 3.61. The SMILES string of the molecule is Cc1cccn2cc(CCNC(=O)N(C)CCC(C)O)nc12. The van der Waals surface area contributed by atoms with Gasteiger partial charge in [-0.25, -0.2) is 9.78 Å². The second-order valence-corrected chi connectivity index (χ2v) is 5.70. The molecule has 120 valence electrons. The van der Waals surface area contributed by atoms with Gasteiger partial charge in [-0.1, -0.05) is 6.07 Å². The van der Waals surface area contributed by atoms with Crippen LogP contribution in [0.5, 0.6) is 0 Å². The van der Waals surface area contributed by atoms with Crippen molar-refractivity contribution in [3.63, 3.8) is 0 Å². The molecule has 0 radical (unpaired) electrons. The molecule has 0 aromatic carbocycles. The lowest BCUT2D eigenvalue weighted by Crippen LogP contribution is -2.39. The predicted molar refractivity (Wildman–Crippen MR) is 86.0 cm³/mol. The molecule has 0 bridgehead atoms. The summed E-state index contributed by atoms with van der Waals surface area (Å²) in [5.74, 6) is 0. The van der Waals surface area contributed by atoms with Crippen LogP contribution in [0.15, 0.2) is 24.5 Å². The van der Waals surface area contributed by atoms with Crippen molar-refractivity contribution in [1.82, 2.24) is 19.6 Å². The number of aliphatic hydroxyl groups is 1. The van der Waals surface area contributed by atoms with Gasteiger partial charge in [0.15, 0.2) is 0 Å². The summed E-state index contributed by atoms with van der Waals surface area (Å²) in [4.78, 5) is 18.0. The zero-order chi connectivity index (χ0) is 16.1. The van der Waals surface area contributed by atoms with Crippen molar-refractivity contribution in [3.8, 4) is 0 Å². The van der Waals surface area contributed by atoms with E-state index in [0.717, 1.165) is 16.9 Å². The highest BCUT2D eigenvalue weighted by Crippen LogP contribution is 2.10. The molecule has 0 spiro atoms. The first kappa shape index (κ1) is 16.3. The minimum atomic E-state index is -0.392.